The van der Waals surface area contributed by atoms with E-state index in [1.54, 1.807) is 6.26 Å². The lowest BCUT2D eigenvalue weighted by Gasteiger charge is -2.22. The van der Waals surface area contributed by atoms with Crippen molar-refractivity contribution in [1.82, 2.24) is 9.97 Å². The van der Waals surface area contributed by atoms with E-state index in [0.717, 1.165) is 56.5 Å². The molecule has 0 atom stereocenters. The van der Waals surface area contributed by atoms with Crippen LogP contribution in [0.2, 0.25) is 0 Å². The van der Waals surface area contributed by atoms with Gasteiger partial charge in [-0.2, -0.15) is 0 Å². The molecule has 0 fully saturated rings. The van der Waals surface area contributed by atoms with Crippen LogP contribution in [0, 0.1) is 19.8 Å². The quantitative estimate of drug-likeness (QED) is 0.241. The number of fused-ring (bicyclic) bond motifs is 3. The monoisotopic (exact) mass is 502 g/mol. The van der Waals surface area contributed by atoms with Gasteiger partial charge in [0, 0.05) is 34.3 Å². The number of nitrogens with zero attached hydrogens (tertiary/aromatic N) is 2. The van der Waals surface area contributed by atoms with E-state index in [-0.39, 0.29) is 5.41 Å². The van der Waals surface area contributed by atoms with E-state index in [2.05, 4.69) is 95.9 Å². The number of furan rings is 2. The second-order valence-corrected chi connectivity index (χ2v) is 12.0. The third-order valence-electron chi connectivity index (χ3n) is 7.51. The lowest BCUT2D eigenvalue weighted by atomic mass is 9.82. The fraction of sp³-hybridized carbons (Fsp3) is 0.294. The Hall–Kier alpha value is -3.92. The van der Waals surface area contributed by atoms with Crippen molar-refractivity contribution < 1.29 is 8.83 Å². The van der Waals surface area contributed by atoms with Crippen LogP contribution in [0.15, 0.2) is 70.0 Å². The first-order valence-electron chi connectivity index (χ1n) is 13.4. The van der Waals surface area contributed by atoms with Crippen LogP contribution in [0.3, 0.4) is 0 Å². The molecule has 0 saturated heterocycles. The number of aryl methyl sites for hydroxylation is 2. The molecule has 0 unspecified atom stereocenters. The summed E-state index contributed by atoms with van der Waals surface area (Å²) in [5, 5.41) is 4.58. The number of hydrogen-bond acceptors (Lipinski definition) is 4. The summed E-state index contributed by atoms with van der Waals surface area (Å²) in [6.07, 6.45) is 6.63. The second-order valence-electron chi connectivity index (χ2n) is 12.0. The van der Waals surface area contributed by atoms with E-state index in [1.165, 1.54) is 21.9 Å². The Bertz CT molecular complexity index is 1830. The first-order chi connectivity index (χ1) is 18.1. The molecule has 4 nitrogen and oxygen atoms in total. The summed E-state index contributed by atoms with van der Waals surface area (Å²) in [7, 11) is 0. The summed E-state index contributed by atoms with van der Waals surface area (Å²) in [6, 6.07) is 15.3. The van der Waals surface area contributed by atoms with Crippen LogP contribution in [0.4, 0.5) is 0 Å². The average molecular weight is 503 g/mol. The molecule has 0 saturated carbocycles. The Balaban J connectivity index is 1.58. The van der Waals surface area contributed by atoms with Crippen molar-refractivity contribution in [3.63, 3.8) is 0 Å². The van der Waals surface area contributed by atoms with Gasteiger partial charge >= 0.3 is 0 Å². The summed E-state index contributed by atoms with van der Waals surface area (Å²) < 4.78 is 12.2. The third-order valence-corrected chi connectivity index (χ3v) is 7.51. The normalized spacial score (nSPS) is 12.4. The highest BCUT2D eigenvalue weighted by Gasteiger charge is 2.21. The van der Waals surface area contributed by atoms with Gasteiger partial charge in [0.2, 0.25) is 5.71 Å². The molecule has 2 aromatic carbocycles. The van der Waals surface area contributed by atoms with Crippen LogP contribution >= 0.6 is 0 Å². The van der Waals surface area contributed by atoms with Gasteiger partial charge in [-0.05, 0) is 89.6 Å². The molecule has 6 aromatic rings. The van der Waals surface area contributed by atoms with Crippen LogP contribution in [0.5, 0.6) is 0 Å². The molecule has 6 rings (SSSR count). The van der Waals surface area contributed by atoms with Crippen molar-refractivity contribution in [3.05, 3.63) is 83.6 Å². The number of rotatable bonds is 4. The highest BCUT2D eigenvalue weighted by Crippen LogP contribution is 2.39. The largest absolute Gasteiger partial charge is 0.461 e. The highest BCUT2D eigenvalue weighted by molar-refractivity contribution is 6.00. The predicted octanol–water partition coefficient (Wildman–Crippen LogP) is 9.57. The van der Waals surface area contributed by atoms with Gasteiger partial charge in [-0.3, -0.25) is 4.98 Å². The Morgan fingerprint density at radius 3 is 2.50 bits per heavy atom. The first kappa shape index (κ1) is 24.4. The maximum Gasteiger partial charge on any atom is 0.227 e. The molecule has 4 heterocycles. The molecule has 0 amide bonds. The Labute approximate surface area is 223 Å². The van der Waals surface area contributed by atoms with Gasteiger partial charge in [-0.25, -0.2) is 4.98 Å². The maximum absolute atomic E-state index is 6.26. The Morgan fingerprint density at radius 1 is 0.921 bits per heavy atom. The fourth-order valence-electron chi connectivity index (χ4n) is 5.64. The molecule has 4 aromatic heterocycles. The van der Waals surface area contributed by atoms with E-state index in [0.29, 0.717) is 11.6 Å². The molecule has 0 aliphatic rings. The molecule has 0 N–H and O–H groups in total. The van der Waals surface area contributed by atoms with Crippen molar-refractivity contribution in [2.75, 3.05) is 0 Å². The lowest BCUT2D eigenvalue weighted by molar-refractivity contribution is 0.560. The zero-order chi connectivity index (χ0) is 26.8. The van der Waals surface area contributed by atoms with Gasteiger partial charge in [0.1, 0.15) is 11.3 Å². The molecule has 0 aliphatic carbocycles. The summed E-state index contributed by atoms with van der Waals surface area (Å²) in [6.45, 7) is 15.4. The van der Waals surface area contributed by atoms with E-state index in [9.17, 15) is 0 Å². The topological polar surface area (TPSA) is 52.1 Å². The zero-order valence-corrected chi connectivity index (χ0v) is 23.3. The molecular weight excluding hydrogens is 468 g/mol. The van der Waals surface area contributed by atoms with Gasteiger partial charge in [-0.1, -0.05) is 46.8 Å². The van der Waals surface area contributed by atoms with Crippen molar-refractivity contribution in [2.24, 2.45) is 5.92 Å². The molecule has 0 spiro atoms. The van der Waals surface area contributed by atoms with Gasteiger partial charge in [0.15, 0.2) is 0 Å². The minimum Gasteiger partial charge on any atom is -0.461 e. The predicted molar refractivity (Wildman–Crippen MR) is 157 cm³/mol. The summed E-state index contributed by atoms with van der Waals surface area (Å²) in [5.74, 6) is 1.58. The molecule has 4 heteroatoms. The van der Waals surface area contributed by atoms with E-state index < -0.39 is 0 Å². The summed E-state index contributed by atoms with van der Waals surface area (Å²) in [4.78, 5) is 9.39. The minimum atomic E-state index is -0.0403. The molecule has 0 bridgehead atoms. The molecule has 0 aliphatic heterocycles. The van der Waals surface area contributed by atoms with Crippen molar-refractivity contribution in [1.29, 1.82) is 0 Å². The van der Waals surface area contributed by atoms with Gasteiger partial charge in [0.05, 0.1) is 17.3 Å². The van der Waals surface area contributed by atoms with Crippen molar-refractivity contribution in [2.45, 2.75) is 60.3 Å². The summed E-state index contributed by atoms with van der Waals surface area (Å²) >= 11 is 0. The number of aromatic nitrogens is 2. The van der Waals surface area contributed by atoms with Gasteiger partial charge in [-0.15, -0.1) is 0 Å². The second kappa shape index (κ2) is 8.83. The van der Waals surface area contributed by atoms with E-state index in [4.69, 9.17) is 13.8 Å². The van der Waals surface area contributed by atoms with E-state index in [1.807, 2.05) is 12.4 Å². The standard InChI is InChI=1S/C34H34N2O2/c1-19(2)12-26-21(4)38-31-15-22(8-9-25(26)31)27-16-30(36-33-32(27)20(3)18-37-33)24-13-23-10-11-35-17-28(23)29(14-24)34(5,6)7/h8-11,13-19H,12H2,1-7H3. The number of benzene rings is 2. The number of pyridine rings is 2. The molecule has 0 radical (unpaired) electrons. The smallest absolute Gasteiger partial charge is 0.227 e. The summed E-state index contributed by atoms with van der Waals surface area (Å²) in [5.41, 5.74) is 9.33. The number of hydrogen-bond donors (Lipinski definition) is 0. The third kappa shape index (κ3) is 4.09. The molecule has 38 heavy (non-hydrogen) atoms. The molecule has 192 valence electrons. The SMILES string of the molecule is Cc1oc2cc(-c3cc(-c4cc(C(C)(C)C)c5cnccc5c4)nc4occ(C)c34)ccc2c1CC(C)C. The van der Waals surface area contributed by atoms with Crippen LogP contribution in [0.1, 0.15) is 57.1 Å². The van der Waals surface area contributed by atoms with Gasteiger partial charge in [0.25, 0.3) is 0 Å². The fourth-order valence-corrected chi connectivity index (χ4v) is 5.64. The first-order valence-corrected chi connectivity index (χ1v) is 13.4. The van der Waals surface area contributed by atoms with Crippen molar-refractivity contribution >= 4 is 32.8 Å². The van der Waals surface area contributed by atoms with E-state index >= 15 is 0 Å². The Kier molecular flexibility index (Phi) is 5.68. The van der Waals surface area contributed by atoms with Crippen LogP contribution in [0.25, 0.3) is 55.2 Å². The van der Waals surface area contributed by atoms with Crippen molar-refractivity contribution in [3.8, 4) is 22.4 Å². The average Bonchev–Trinajstić information content (AvgIpc) is 3.40. The van der Waals surface area contributed by atoms with Crippen LogP contribution in [-0.2, 0) is 11.8 Å². The van der Waals surface area contributed by atoms with Crippen LogP contribution < -0.4 is 0 Å². The Morgan fingerprint density at radius 2 is 1.74 bits per heavy atom. The lowest BCUT2D eigenvalue weighted by Crippen LogP contribution is -2.12. The maximum atomic E-state index is 6.26. The zero-order valence-electron chi connectivity index (χ0n) is 23.3. The molecular formula is C34H34N2O2. The minimum absolute atomic E-state index is 0.0403. The highest BCUT2D eigenvalue weighted by atomic mass is 16.3. The van der Waals surface area contributed by atoms with Gasteiger partial charge < -0.3 is 8.83 Å². The van der Waals surface area contributed by atoms with Crippen LogP contribution in [-0.4, -0.2) is 9.97 Å².